The van der Waals surface area contributed by atoms with Crippen LogP contribution in [0.4, 0.5) is 0 Å². The fraction of sp³-hybridized carbons (Fsp3) is 1.00. The molecule has 0 radical (unpaired) electrons. The molecule has 0 amide bonds. The molecule has 0 aromatic rings. The molecule has 0 aromatic carbocycles. The molecule has 0 rings (SSSR count). The fourth-order valence-corrected chi connectivity index (χ4v) is 0.418. The van der Waals surface area contributed by atoms with E-state index in [-0.39, 0.29) is 12.3 Å². The third-order valence-electron chi connectivity index (χ3n) is 1.06. The van der Waals surface area contributed by atoms with E-state index in [9.17, 15) is 0 Å². The Morgan fingerprint density at radius 2 is 1.78 bits per heavy atom. The minimum atomic E-state index is 0. The third kappa shape index (κ3) is 11.4. The minimum absolute atomic E-state index is 0. The molecule has 0 saturated heterocycles. The van der Waals surface area contributed by atoms with Crippen LogP contribution in [0.5, 0.6) is 0 Å². The van der Waals surface area contributed by atoms with Crippen molar-refractivity contribution in [1.29, 1.82) is 0 Å². The van der Waals surface area contributed by atoms with E-state index in [0.29, 0.717) is 6.04 Å². The number of hydrogen-bond donors (Lipinski definition) is 4. The van der Waals surface area contributed by atoms with Crippen molar-refractivity contribution >= 4 is 0 Å². The molecule has 1 atom stereocenters. The first-order chi connectivity index (χ1) is 3.31. The summed E-state index contributed by atoms with van der Waals surface area (Å²) in [7, 11) is 0. The van der Waals surface area contributed by atoms with Gasteiger partial charge in [-0.05, 0) is 19.4 Å². The van der Waals surface area contributed by atoms with Gasteiger partial charge in [-0.3, -0.25) is 0 Å². The van der Waals surface area contributed by atoms with Gasteiger partial charge in [-0.2, -0.15) is 0 Å². The summed E-state index contributed by atoms with van der Waals surface area (Å²) in [6.07, 6.45) is 1.99. The van der Waals surface area contributed by atoms with Gasteiger partial charge >= 0.3 is 0 Å². The van der Waals surface area contributed by atoms with E-state index in [1.165, 1.54) is 0 Å². The summed E-state index contributed by atoms with van der Waals surface area (Å²) in [4.78, 5) is 0. The summed E-state index contributed by atoms with van der Waals surface area (Å²) >= 11 is 0. The van der Waals surface area contributed by atoms with Gasteiger partial charge in [-0.25, -0.2) is 0 Å². The van der Waals surface area contributed by atoms with Crippen molar-refractivity contribution in [1.82, 2.24) is 12.3 Å². The Labute approximate surface area is 57.2 Å². The summed E-state index contributed by atoms with van der Waals surface area (Å²) < 4.78 is 0. The largest absolute Gasteiger partial charge is 0.344 e. The molecule has 0 spiro atoms. The minimum Gasteiger partial charge on any atom is -0.344 e. The molecule has 0 aliphatic heterocycles. The van der Waals surface area contributed by atoms with Crippen LogP contribution in [0.15, 0.2) is 0 Å². The van der Waals surface area contributed by atoms with Gasteiger partial charge in [0.05, 0.1) is 0 Å². The second kappa shape index (κ2) is 10.8. The Morgan fingerprint density at radius 3 is 1.89 bits per heavy atom. The number of hydrogen-bond acceptors (Lipinski definition) is 4. The topological polar surface area (TPSA) is 122 Å². The Morgan fingerprint density at radius 1 is 1.33 bits per heavy atom. The average Bonchev–Trinajstić information content (AvgIpc) is 1.68. The van der Waals surface area contributed by atoms with E-state index >= 15 is 0 Å². The highest BCUT2D eigenvalue weighted by atomic mass is 14.6. The van der Waals surface area contributed by atoms with Crippen molar-refractivity contribution in [3.63, 3.8) is 0 Å². The van der Waals surface area contributed by atoms with Gasteiger partial charge in [0.2, 0.25) is 0 Å². The lowest BCUT2D eigenvalue weighted by atomic mass is 10.2. The highest BCUT2D eigenvalue weighted by Crippen LogP contribution is 1.88. The van der Waals surface area contributed by atoms with Gasteiger partial charge in [0.1, 0.15) is 0 Å². The van der Waals surface area contributed by atoms with Crippen molar-refractivity contribution in [3.8, 4) is 0 Å². The van der Waals surface area contributed by atoms with E-state index < -0.39 is 0 Å². The molecule has 1 unspecified atom stereocenters. The predicted molar refractivity (Wildman–Crippen MR) is 42.0 cm³/mol. The molecule has 0 bridgehead atoms. The molecule has 60 valence electrons. The lowest BCUT2D eigenvalue weighted by Crippen LogP contribution is -2.22. The zero-order valence-electron chi connectivity index (χ0n) is 6.27. The van der Waals surface area contributed by atoms with Crippen LogP contribution in [-0.4, -0.2) is 12.6 Å². The van der Waals surface area contributed by atoms with Crippen molar-refractivity contribution in [2.45, 2.75) is 25.8 Å². The van der Waals surface area contributed by atoms with Crippen LogP contribution in [0.1, 0.15) is 19.8 Å². The van der Waals surface area contributed by atoms with E-state index in [0.717, 1.165) is 19.4 Å². The average molecular weight is 136 g/mol. The molecule has 9 heavy (non-hydrogen) atoms. The second-order valence-electron chi connectivity index (χ2n) is 1.75. The maximum atomic E-state index is 5.50. The van der Waals surface area contributed by atoms with E-state index in [1.807, 2.05) is 0 Å². The first-order valence-corrected chi connectivity index (χ1v) is 2.77. The molecule has 0 heterocycles. The molecule has 0 saturated carbocycles. The van der Waals surface area contributed by atoms with Crippen LogP contribution in [0.2, 0.25) is 0 Å². The molecule has 0 aliphatic rings. The molecule has 10 N–H and O–H groups in total. The van der Waals surface area contributed by atoms with Crippen LogP contribution in [0.3, 0.4) is 0 Å². The summed E-state index contributed by atoms with van der Waals surface area (Å²) in [5, 5.41) is 0. The lowest BCUT2D eigenvalue weighted by Gasteiger charge is -2.03. The summed E-state index contributed by atoms with van der Waals surface area (Å²) in [5.74, 6) is 0. The molecule has 0 fully saturated rings. The second-order valence-corrected chi connectivity index (χ2v) is 1.75. The monoisotopic (exact) mass is 136 g/mol. The third-order valence-corrected chi connectivity index (χ3v) is 1.06. The maximum absolute atomic E-state index is 5.50. The quantitative estimate of drug-likeness (QED) is 0.448. The van der Waals surface area contributed by atoms with Gasteiger partial charge < -0.3 is 23.8 Å². The highest BCUT2D eigenvalue weighted by Gasteiger charge is 1.92. The molecular weight excluding hydrogens is 116 g/mol. The van der Waals surface area contributed by atoms with Gasteiger partial charge in [0.15, 0.2) is 0 Å². The summed E-state index contributed by atoms with van der Waals surface area (Å²) in [6.45, 7) is 2.79. The van der Waals surface area contributed by atoms with Crippen molar-refractivity contribution in [3.05, 3.63) is 0 Å². The number of nitrogens with two attached hydrogens (primary N) is 2. The Hall–Kier alpha value is -0.160. The van der Waals surface area contributed by atoms with Crippen molar-refractivity contribution in [2.75, 3.05) is 6.54 Å². The highest BCUT2D eigenvalue weighted by molar-refractivity contribution is 4.56. The van der Waals surface area contributed by atoms with Crippen LogP contribution < -0.4 is 23.8 Å². The van der Waals surface area contributed by atoms with Gasteiger partial charge in [0.25, 0.3) is 0 Å². The Bertz CT molecular complexity index is 39.9. The molecule has 4 nitrogen and oxygen atoms in total. The standard InChI is InChI=1S/C5H14N2.2H3N/c1-2-5(7)3-4-6;;/h5H,2-4,6-7H2,1H3;2*1H3. The van der Waals surface area contributed by atoms with Gasteiger partial charge in [-0.15, -0.1) is 0 Å². The lowest BCUT2D eigenvalue weighted by molar-refractivity contribution is 0.604. The molecule has 4 heteroatoms. The molecule has 0 aromatic heterocycles. The summed E-state index contributed by atoms with van der Waals surface area (Å²) in [6, 6.07) is 0.324. The smallest absolute Gasteiger partial charge is 0.00482 e. The van der Waals surface area contributed by atoms with E-state index in [4.69, 9.17) is 11.5 Å². The first-order valence-electron chi connectivity index (χ1n) is 2.77. The number of rotatable bonds is 3. The molecule has 0 aliphatic carbocycles. The van der Waals surface area contributed by atoms with E-state index in [1.54, 1.807) is 0 Å². The normalized spacial score (nSPS) is 11.0. The van der Waals surface area contributed by atoms with Crippen molar-refractivity contribution < 1.29 is 0 Å². The molecular formula is C5H20N4. The van der Waals surface area contributed by atoms with Crippen molar-refractivity contribution in [2.24, 2.45) is 11.5 Å². The zero-order chi connectivity index (χ0) is 5.70. The Balaban J connectivity index is -0.000000180. The van der Waals surface area contributed by atoms with Gasteiger partial charge in [-0.1, -0.05) is 6.92 Å². The zero-order valence-corrected chi connectivity index (χ0v) is 6.27. The first kappa shape index (κ1) is 15.9. The maximum Gasteiger partial charge on any atom is 0.00482 e. The Kier molecular flexibility index (Phi) is 19.0. The van der Waals surface area contributed by atoms with Crippen LogP contribution >= 0.6 is 0 Å². The SMILES string of the molecule is CCC(N)CCN.N.N. The van der Waals surface area contributed by atoms with E-state index in [2.05, 4.69) is 6.92 Å². The summed E-state index contributed by atoms with van der Waals surface area (Å²) in [5.41, 5.74) is 10.7. The van der Waals surface area contributed by atoms with Crippen LogP contribution in [-0.2, 0) is 0 Å². The van der Waals surface area contributed by atoms with Gasteiger partial charge in [0, 0.05) is 6.04 Å². The predicted octanol–water partition coefficient (Wildman–Crippen LogP) is 0.397. The van der Waals surface area contributed by atoms with Crippen LogP contribution in [0.25, 0.3) is 0 Å². The fourth-order valence-electron chi connectivity index (χ4n) is 0.418. The van der Waals surface area contributed by atoms with Crippen LogP contribution in [0, 0.1) is 0 Å².